The SMILES string of the molecule is Cc1ccc(Br)cc1C(=O)Cc1cncc(Br)c1. The highest BCUT2D eigenvalue weighted by atomic mass is 79.9. The molecule has 0 aliphatic heterocycles. The molecule has 0 saturated heterocycles. The summed E-state index contributed by atoms with van der Waals surface area (Å²) in [5.74, 6) is 0.105. The van der Waals surface area contributed by atoms with Crippen LogP contribution in [-0.2, 0) is 6.42 Å². The molecule has 0 aliphatic rings. The number of nitrogens with zero attached hydrogens (tertiary/aromatic N) is 1. The molecule has 0 atom stereocenters. The lowest BCUT2D eigenvalue weighted by Gasteiger charge is -2.06. The Labute approximate surface area is 123 Å². The monoisotopic (exact) mass is 367 g/mol. The first-order chi connectivity index (χ1) is 8.56. The van der Waals surface area contributed by atoms with Crippen molar-refractivity contribution in [3.63, 3.8) is 0 Å². The van der Waals surface area contributed by atoms with E-state index in [-0.39, 0.29) is 5.78 Å². The van der Waals surface area contributed by atoms with E-state index in [1.807, 2.05) is 31.2 Å². The van der Waals surface area contributed by atoms with E-state index in [1.165, 1.54) is 0 Å². The first-order valence-corrected chi connectivity index (χ1v) is 7.03. The number of hydrogen-bond donors (Lipinski definition) is 0. The molecular weight excluding hydrogens is 358 g/mol. The Morgan fingerprint density at radius 3 is 2.67 bits per heavy atom. The Hall–Kier alpha value is -1.00. The van der Waals surface area contributed by atoms with E-state index in [0.29, 0.717) is 6.42 Å². The van der Waals surface area contributed by atoms with Crippen LogP contribution >= 0.6 is 31.9 Å². The average Bonchev–Trinajstić information content (AvgIpc) is 2.32. The number of Topliss-reactive ketones (excluding diaryl/α,β-unsaturated/α-hetero) is 1. The highest BCUT2D eigenvalue weighted by Gasteiger charge is 2.11. The lowest BCUT2D eigenvalue weighted by Crippen LogP contribution is -2.06. The summed E-state index contributed by atoms with van der Waals surface area (Å²) in [5, 5.41) is 0. The number of aryl methyl sites for hydroxylation is 1. The van der Waals surface area contributed by atoms with Crippen LogP contribution in [0.15, 0.2) is 45.6 Å². The molecule has 1 heterocycles. The summed E-state index contributed by atoms with van der Waals surface area (Å²) in [4.78, 5) is 16.3. The molecule has 0 N–H and O–H groups in total. The van der Waals surface area contributed by atoms with Crippen LogP contribution in [0.1, 0.15) is 21.5 Å². The van der Waals surface area contributed by atoms with E-state index in [1.54, 1.807) is 12.4 Å². The van der Waals surface area contributed by atoms with E-state index in [2.05, 4.69) is 36.8 Å². The molecule has 0 aliphatic carbocycles. The van der Waals surface area contributed by atoms with Crippen molar-refractivity contribution >= 4 is 37.6 Å². The fraction of sp³-hybridized carbons (Fsp3) is 0.143. The molecule has 1 aromatic carbocycles. The van der Waals surface area contributed by atoms with Crippen LogP contribution < -0.4 is 0 Å². The van der Waals surface area contributed by atoms with E-state index < -0.39 is 0 Å². The average molecular weight is 369 g/mol. The van der Waals surface area contributed by atoms with E-state index in [0.717, 1.165) is 25.6 Å². The molecule has 18 heavy (non-hydrogen) atoms. The molecule has 92 valence electrons. The van der Waals surface area contributed by atoms with Gasteiger partial charge < -0.3 is 0 Å². The number of halogens is 2. The van der Waals surface area contributed by atoms with Crippen LogP contribution in [0.25, 0.3) is 0 Å². The largest absolute Gasteiger partial charge is 0.294 e. The summed E-state index contributed by atoms with van der Waals surface area (Å²) in [6.07, 6.45) is 3.79. The van der Waals surface area contributed by atoms with Crippen molar-refractivity contribution < 1.29 is 4.79 Å². The van der Waals surface area contributed by atoms with Crippen molar-refractivity contribution in [2.75, 3.05) is 0 Å². The van der Waals surface area contributed by atoms with Crippen LogP contribution in [0.2, 0.25) is 0 Å². The molecule has 2 aromatic rings. The maximum absolute atomic E-state index is 12.2. The molecule has 0 bridgehead atoms. The first kappa shape index (κ1) is 13.4. The molecule has 0 spiro atoms. The topological polar surface area (TPSA) is 30.0 Å². The predicted octanol–water partition coefficient (Wildman–Crippen LogP) is 4.34. The molecule has 0 fully saturated rings. The third kappa shape index (κ3) is 3.27. The number of carbonyl (C=O) groups excluding carboxylic acids is 1. The standard InChI is InChI=1S/C14H11Br2NO/c1-9-2-3-11(15)6-13(9)14(18)5-10-4-12(16)8-17-7-10/h2-4,6-8H,5H2,1H3. The molecule has 2 nitrogen and oxygen atoms in total. The van der Waals surface area contributed by atoms with Crippen molar-refractivity contribution in [2.45, 2.75) is 13.3 Å². The first-order valence-electron chi connectivity index (χ1n) is 5.45. The Morgan fingerprint density at radius 1 is 1.17 bits per heavy atom. The summed E-state index contributed by atoms with van der Waals surface area (Å²) < 4.78 is 1.81. The minimum atomic E-state index is 0.105. The van der Waals surface area contributed by atoms with Gasteiger partial charge in [0, 0.05) is 33.3 Å². The summed E-state index contributed by atoms with van der Waals surface area (Å²) in [7, 11) is 0. The van der Waals surface area contributed by atoms with E-state index in [9.17, 15) is 4.79 Å². The third-order valence-corrected chi connectivity index (χ3v) is 3.55. The molecule has 0 unspecified atom stereocenters. The lowest BCUT2D eigenvalue weighted by molar-refractivity contribution is 0.0992. The van der Waals surface area contributed by atoms with Crippen molar-refractivity contribution in [3.05, 3.63) is 62.3 Å². The number of pyridine rings is 1. The zero-order chi connectivity index (χ0) is 13.1. The molecule has 0 saturated carbocycles. The maximum atomic E-state index is 12.2. The van der Waals surface area contributed by atoms with Gasteiger partial charge in [-0.1, -0.05) is 22.0 Å². The molecule has 0 amide bonds. The number of carbonyl (C=O) groups is 1. The Morgan fingerprint density at radius 2 is 1.94 bits per heavy atom. The van der Waals surface area contributed by atoms with E-state index in [4.69, 9.17) is 0 Å². The maximum Gasteiger partial charge on any atom is 0.167 e. The zero-order valence-corrected chi connectivity index (χ0v) is 13.0. The normalized spacial score (nSPS) is 10.4. The summed E-state index contributed by atoms with van der Waals surface area (Å²) in [5.41, 5.74) is 2.66. The van der Waals surface area contributed by atoms with Crippen molar-refractivity contribution in [1.82, 2.24) is 4.98 Å². The van der Waals surface area contributed by atoms with E-state index >= 15 is 0 Å². The van der Waals surface area contributed by atoms with Gasteiger partial charge in [-0.25, -0.2) is 0 Å². The van der Waals surface area contributed by atoms with Gasteiger partial charge in [0.2, 0.25) is 0 Å². The zero-order valence-electron chi connectivity index (χ0n) is 9.78. The smallest absolute Gasteiger partial charge is 0.167 e. The highest BCUT2D eigenvalue weighted by Crippen LogP contribution is 2.18. The second-order valence-electron chi connectivity index (χ2n) is 4.07. The van der Waals surface area contributed by atoms with Gasteiger partial charge in [0.25, 0.3) is 0 Å². The molecular formula is C14H11Br2NO. The van der Waals surface area contributed by atoms with Crippen LogP contribution in [-0.4, -0.2) is 10.8 Å². The quantitative estimate of drug-likeness (QED) is 0.754. The minimum absolute atomic E-state index is 0.105. The minimum Gasteiger partial charge on any atom is -0.294 e. The summed E-state index contributed by atoms with van der Waals surface area (Å²) in [6, 6.07) is 7.66. The van der Waals surface area contributed by atoms with Crippen molar-refractivity contribution in [3.8, 4) is 0 Å². The van der Waals surface area contributed by atoms with Gasteiger partial charge in [0.05, 0.1) is 0 Å². The lowest BCUT2D eigenvalue weighted by atomic mass is 10.0. The van der Waals surface area contributed by atoms with Gasteiger partial charge in [0.15, 0.2) is 5.78 Å². The Balaban J connectivity index is 2.24. The number of ketones is 1. The molecule has 0 radical (unpaired) electrons. The number of benzene rings is 1. The van der Waals surface area contributed by atoms with Gasteiger partial charge >= 0.3 is 0 Å². The van der Waals surface area contributed by atoms with Gasteiger partial charge in [-0.05, 0) is 52.2 Å². The van der Waals surface area contributed by atoms with Gasteiger partial charge in [-0.2, -0.15) is 0 Å². The third-order valence-electron chi connectivity index (χ3n) is 2.63. The Bertz CT molecular complexity index is 596. The van der Waals surface area contributed by atoms with Crippen LogP contribution in [0.3, 0.4) is 0 Å². The van der Waals surface area contributed by atoms with Gasteiger partial charge in [-0.15, -0.1) is 0 Å². The number of hydrogen-bond acceptors (Lipinski definition) is 2. The van der Waals surface area contributed by atoms with Crippen molar-refractivity contribution in [2.24, 2.45) is 0 Å². The number of aromatic nitrogens is 1. The Kier molecular flexibility index (Phi) is 4.30. The highest BCUT2D eigenvalue weighted by molar-refractivity contribution is 9.10. The second kappa shape index (κ2) is 5.76. The molecule has 1 aromatic heterocycles. The van der Waals surface area contributed by atoms with Crippen molar-refractivity contribution in [1.29, 1.82) is 0 Å². The molecule has 2 rings (SSSR count). The molecule has 4 heteroatoms. The van der Waals surface area contributed by atoms with Crippen LogP contribution in [0.5, 0.6) is 0 Å². The van der Waals surface area contributed by atoms with Gasteiger partial charge in [0.1, 0.15) is 0 Å². The fourth-order valence-electron chi connectivity index (χ4n) is 1.73. The van der Waals surface area contributed by atoms with Gasteiger partial charge in [-0.3, -0.25) is 9.78 Å². The predicted molar refractivity (Wildman–Crippen MR) is 78.9 cm³/mol. The summed E-state index contributed by atoms with van der Waals surface area (Å²) >= 11 is 6.74. The fourth-order valence-corrected chi connectivity index (χ4v) is 2.50. The summed E-state index contributed by atoms with van der Waals surface area (Å²) in [6.45, 7) is 1.94. The van der Waals surface area contributed by atoms with Crippen LogP contribution in [0.4, 0.5) is 0 Å². The second-order valence-corrected chi connectivity index (χ2v) is 5.90. The van der Waals surface area contributed by atoms with Crippen LogP contribution in [0, 0.1) is 6.92 Å². The number of rotatable bonds is 3.